The topological polar surface area (TPSA) is 88.9 Å². The zero-order valence-electron chi connectivity index (χ0n) is 18.7. The minimum absolute atomic E-state index is 0.0210. The molecule has 8 heteroatoms. The number of aliphatic hydroxyl groups excluding tert-OH is 1. The lowest BCUT2D eigenvalue weighted by Gasteiger charge is -2.28. The Kier molecular flexibility index (Phi) is 6.02. The van der Waals surface area contributed by atoms with E-state index in [1.165, 1.54) is 0 Å². The Labute approximate surface area is 192 Å². The molecular formula is C25H28N4O4. The molecule has 2 aliphatic heterocycles. The number of aliphatic hydroxyl groups is 1. The molecule has 172 valence electrons. The van der Waals surface area contributed by atoms with E-state index in [-0.39, 0.29) is 25.3 Å². The van der Waals surface area contributed by atoms with Crippen LogP contribution in [0.3, 0.4) is 0 Å². The molecule has 0 radical (unpaired) electrons. The first-order valence-corrected chi connectivity index (χ1v) is 11.3. The molecule has 1 atom stereocenters. The normalized spacial score (nSPS) is 15.8. The third-order valence-corrected chi connectivity index (χ3v) is 6.26. The summed E-state index contributed by atoms with van der Waals surface area (Å²) in [6.07, 6.45) is 0.760. The van der Waals surface area contributed by atoms with Crippen molar-refractivity contribution in [2.75, 3.05) is 19.9 Å². The Morgan fingerprint density at radius 2 is 2.03 bits per heavy atom. The van der Waals surface area contributed by atoms with Gasteiger partial charge >= 0.3 is 0 Å². The Morgan fingerprint density at radius 3 is 2.85 bits per heavy atom. The smallest absolute Gasteiger partial charge is 0.272 e. The first kappa shape index (κ1) is 21.5. The van der Waals surface area contributed by atoms with Gasteiger partial charge in [0.25, 0.3) is 5.91 Å². The number of carbonyl (C=O) groups is 1. The predicted octanol–water partition coefficient (Wildman–Crippen LogP) is 2.65. The van der Waals surface area contributed by atoms with Crippen molar-refractivity contribution in [3.63, 3.8) is 0 Å². The van der Waals surface area contributed by atoms with Crippen molar-refractivity contribution in [3.8, 4) is 11.5 Å². The molecule has 1 amide bonds. The monoisotopic (exact) mass is 448 g/mol. The minimum atomic E-state index is -0.196. The van der Waals surface area contributed by atoms with Gasteiger partial charge in [0.05, 0.1) is 19.2 Å². The molecule has 5 rings (SSSR count). The van der Waals surface area contributed by atoms with E-state index >= 15 is 0 Å². The van der Waals surface area contributed by atoms with Crippen molar-refractivity contribution in [2.45, 2.75) is 39.0 Å². The molecule has 0 saturated carbocycles. The van der Waals surface area contributed by atoms with E-state index in [0.717, 1.165) is 46.8 Å². The van der Waals surface area contributed by atoms with Gasteiger partial charge in [-0.15, -0.1) is 0 Å². The van der Waals surface area contributed by atoms with Gasteiger partial charge in [0, 0.05) is 42.9 Å². The summed E-state index contributed by atoms with van der Waals surface area (Å²) < 4.78 is 13.0. The molecular weight excluding hydrogens is 420 g/mol. The third kappa shape index (κ3) is 4.31. The summed E-state index contributed by atoms with van der Waals surface area (Å²) in [4.78, 5) is 15.5. The van der Waals surface area contributed by atoms with Crippen LogP contribution in [0, 0.1) is 0 Å². The van der Waals surface area contributed by atoms with Gasteiger partial charge in [-0.1, -0.05) is 42.5 Å². The van der Waals surface area contributed by atoms with E-state index < -0.39 is 0 Å². The quantitative estimate of drug-likeness (QED) is 0.578. The second-order valence-electron chi connectivity index (χ2n) is 8.44. The van der Waals surface area contributed by atoms with E-state index in [0.29, 0.717) is 25.3 Å². The summed E-state index contributed by atoms with van der Waals surface area (Å²) in [5.74, 6) is 1.38. The van der Waals surface area contributed by atoms with Crippen LogP contribution in [-0.2, 0) is 26.1 Å². The summed E-state index contributed by atoms with van der Waals surface area (Å²) in [6.45, 7) is 4.69. The van der Waals surface area contributed by atoms with E-state index in [9.17, 15) is 9.90 Å². The lowest BCUT2D eigenvalue weighted by molar-refractivity contribution is 0.0931. The van der Waals surface area contributed by atoms with E-state index in [2.05, 4.69) is 15.3 Å². The lowest BCUT2D eigenvalue weighted by atomic mass is 10.0. The van der Waals surface area contributed by atoms with Crippen molar-refractivity contribution in [1.29, 1.82) is 0 Å². The van der Waals surface area contributed by atoms with Crippen molar-refractivity contribution < 1.29 is 19.4 Å². The zero-order chi connectivity index (χ0) is 22.8. The maximum atomic E-state index is 13.2. The van der Waals surface area contributed by atoms with Gasteiger partial charge in [0.1, 0.15) is 0 Å². The van der Waals surface area contributed by atoms with Gasteiger partial charge in [0.15, 0.2) is 17.2 Å². The molecule has 2 aliphatic rings. The second kappa shape index (κ2) is 9.25. The second-order valence-corrected chi connectivity index (χ2v) is 8.44. The molecule has 1 unspecified atom stereocenters. The van der Waals surface area contributed by atoms with E-state index in [1.807, 2.05) is 55.5 Å². The fourth-order valence-electron chi connectivity index (χ4n) is 4.59. The SMILES string of the molecule is CC(NC(=O)c1nn(CCO)c2c1CN(Cc1cccc3c1OCO3)CC2)c1ccccc1. The predicted molar refractivity (Wildman–Crippen MR) is 122 cm³/mol. The highest BCUT2D eigenvalue weighted by atomic mass is 16.7. The number of benzene rings is 2. The Balaban J connectivity index is 1.37. The molecule has 0 bridgehead atoms. The molecule has 2 N–H and O–H groups in total. The largest absolute Gasteiger partial charge is 0.454 e. The molecule has 0 aliphatic carbocycles. The summed E-state index contributed by atoms with van der Waals surface area (Å²) >= 11 is 0. The molecule has 0 saturated heterocycles. The maximum Gasteiger partial charge on any atom is 0.272 e. The van der Waals surface area contributed by atoms with Crippen LogP contribution in [-0.4, -0.2) is 45.6 Å². The summed E-state index contributed by atoms with van der Waals surface area (Å²) in [5.41, 5.74) is 4.49. The molecule has 3 heterocycles. The fraction of sp³-hybridized carbons (Fsp3) is 0.360. The number of rotatable bonds is 7. The van der Waals surface area contributed by atoms with Gasteiger partial charge in [-0.25, -0.2) is 0 Å². The Bertz CT molecular complexity index is 1140. The van der Waals surface area contributed by atoms with E-state index in [4.69, 9.17) is 9.47 Å². The average Bonchev–Trinajstić information content (AvgIpc) is 3.45. The molecule has 3 aromatic rings. The Morgan fingerprint density at radius 1 is 1.18 bits per heavy atom. The maximum absolute atomic E-state index is 13.2. The number of fused-ring (bicyclic) bond motifs is 2. The van der Waals surface area contributed by atoms with Crippen LogP contribution in [0.25, 0.3) is 0 Å². The molecule has 1 aromatic heterocycles. The molecule has 8 nitrogen and oxygen atoms in total. The fourth-order valence-corrected chi connectivity index (χ4v) is 4.59. The highest BCUT2D eigenvalue weighted by molar-refractivity contribution is 5.94. The van der Waals surface area contributed by atoms with Crippen LogP contribution in [0.1, 0.15) is 45.8 Å². The highest BCUT2D eigenvalue weighted by Crippen LogP contribution is 2.36. The molecule has 33 heavy (non-hydrogen) atoms. The van der Waals surface area contributed by atoms with Crippen LogP contribution in [0.4, 0.5) is 0 Å². The summed E-state index contributed by atoms with van der Waals surface area (Å²) in [7, 11) is 0. The first-order valence-electron chi connectivity index (χ1n) is 11.3. The number of aromatic nitrogens is 2. The number of carbonyl (C=O) groups excluding carboxylic acids is 1. The van der Waals surface area contributed by atoms with Crippen molar-refractivity contribution >= 4 is 5.91 Å². The van der Waals surface area contributed by atoms with Crippen LogP contribution in [0.15, 0.2) is 48.5 Å². The van der Waals surface area contributed by atoms with Crippen molar-refractivity contribution in [2.24, 2.45) is 0 Å². The number of ether oxygens (including phenoxy) is 2. The van der Waals surface area contributed by atoms with Crippen molar-refractivity contribution in [3.05, 3.63) is 76.6 Å². The number of hydrogen-bond donors (Lipinski definition) is 2. The van der Waals surface area contributed by atoms with Crippen LogP contribution in [0.5, 0.6) is 11.5 Å². The first-order chi connectivity index (χ1) is 16.1. The standard InChI is InChI=1S/C25H28N4O4/c1-17(18-6-3-2-4-7-18)26-25(31)23-20-15-28(11-10-21(20)29(27-23)12-13-30)14-19-8-5-9-22-24(19)33-16-32-22/h2-9,17,30H,10-16H2,1H3,(H,26,31). The van der Waals surface area contributed by atoms with Gasteiger partial charge in [-0.05, 0) is 18.6 Å². The van der Waals surface area contributed by atoms with E-state index in [1.54, 1.807) is 4.68 Å². The minimum Gasteiger partial charge on any atom is -0.454 e. The lowest BCUT2D eigenvalue weighted by Crippen LogP contribution is -2.33. The third-order valence-electron chi connectivity index (χ3n) is 6.26. The molecule has 0 spiro atoms. The van der Waals surface area contributed by atoms with Gasteiger partial charge in [-0.2, -0.15) is 5.10 Å². The summed E-state index contributed by atoms with van der Waals surface area (Å²) in [6, 6.07) is 15.7. The number of hydrogen-bond acceptors (Lipinski definition) is 6. The Hall–Kier alpha value is -3.36. The number of nitrogens with one attached hydrogen (secondary N) is 1. The number of amides is 1. The van der Waals surface area contributed by atoms with Gasteiger partial charge in [-0.3, -0.25) is 14.4 Å². The molecule has 0 fully saturated rings. The average molecular weight is 449 g/mol. The van der Waals surface area contributed by atoms with Crippen LogP contribution < -0.4 is 14.8 Å². The highest BCUT2D eigenvalue weighted by Gasteiger charge is 2.29. The zero-order valence-corrected chi connectivity index (χ0v) is 18.7. The number of para-hydroxylation sites is 1. The van der Waals surface area contributed by atoms with Gasteiger partial charge in [0.2, 0.25) is 6.79 Å². The number of nitrogens with zero attached hydrogens (tertiary/aromatic N) is 3. The van der Waals surface area contributed by atoms with Crippen molar-refractivity contribution in [1.82, 2.24) is 20.0 Å². The van der Waals surface area contributed by atoms with Crippen LogP contribution in [0.2, 0.25) is 0 Å². The molecule has 2 aromatic carbocycles. The summed E-state index contributed by atoms with van der Waals surface area (Å²) in [5, 5.41) is 17.2. The van der Waals surface area contributed by atoms with Crippen LogP contribution >= 0.6 is 0 Å². The van der Waals surface area contributed by atoms with Gasteiger partial charge < -0.3 is 19.9 Å².